The van der Waals surface area contributed by atoms with Crippen molar-refractivity contribution in [3.8, 4) is 118 Å². The van der Waals surface area contributed by atoms with Crippen LogP contribution < -0.4 is 0 Å². The molecule has 6 heteroatoms. The van der Waals surface area contributed by atoms with Crippen LogP contribution in [0.4, 0.5) is 0 Å². The van der Waals surface area contributed by atoms with E-state index in [9.17, 15) is 0 Å². The van der Waals surface area contributed by atoms with Crippen LogP contribution in [0.5, 0.6) is 0 Å². The third-order valence-electron chi connectivity index (χ3n) is 14.7. The molecule has 4 aromatic heterocycles. The lowest BCUT2D eigenvalue weighted by atomic mass is 10.0. The fourth-order valence-electron chi connectivity index (χ4n) is 10.6. The quantitative estimate of drug-likeness (QED) is 0.129. The van der Waals surface area contributed by atoms with Crippen molar-refractivity contribution in [3.63, 3.8) is 0 Å². The predicted octanol–water partition coefficient (Wildman–Crippen LogP) is 18.4. The van der Waals surface area contributed by atoms with Crippen LogP contribution in [0.15, 0.2) is 291 Å². The summed E-state index contributed by atoms with van der Waals surface area (Å²) in [7, 11) is 0. The fourth-order valence-corrected chi connectivity index (χ4v) is 10.6. The summed E-state index contributed by atoms with van der Waals surface area (Å²) in [5, 5.41) is 2.32. The van der Waals surface area contributed by atoms with Gasteiger partial charge < -0.3 is 4.57 Å². The monoisotopic (exact) mass is 1010 g/mol. The second-order valence-corrected chi connectivity index (χ2v) is 19.7. The van der Waals surface area contributed by atoms with E-state index in [-0.39, 0.29) is 0 Å². The number of pyridine rings is 1. The van der Waals surface area contributed by atoms with Gasteiger partial charge in [-0.1, -0.05) is 255 Å². The van der Waals surface area contributed by atoms with E-state index in [0.29, 0.717) is 34.4 Å². The molecule has 79 heavy (non-hydrogen) atoms. The van der Waals surface area contributed by atoms with Crippen molar-refractivity contribution in [2.24, 2.45) is 0 Å². The van der Waals surface area contributed by atoms with Crippen LogP contribution in [-0.2, 0) is 0 Å². The summed E-state index contributed by atoms with van der Waals surface area (Å²) in [6, 6.07) is 102. The molecule has 0 aliphatic carbocycles. The Labute approximate surface area is 458 Å². The molecule has 0 spiro atoms. The summed E-state index contributed by atoms with van der Waals surface area (Å²) in [5.41, 5.74) is 20.1. The standard InChI is InChI=1S/C73H48N6/c1-5-17-49(18-6-1)53-29-37-57(38-30-53)64-47-68(77-72(75-64)59-41-33-55(34-42-59)51-21-9-3-10-22-51)66-45-61(79-70-27-15-13-25-62(70)63-26-14-16-28-71(63)79)46-67(74-66)69-48-65(58-39-31-54(32-40-58)50-19-7-2-8-20-50)76-73(78-69)60-43-35-56(36-44-60)52-23-11-4-12-24-52/h1-48H. The van der Waals surface area contributed by atoms with E-state index in [1.54, 1.807) is 0 Å². The summed E-state index contributed by atoms with van der Waals surface area (Å²) >= 11 is 0. The van der Waals surface area contributed by atoms with Crippen LogP contribution in [0.3, 0.4) is 0 Å². The largest absolute Gasteiger partial charge is 0.309 e. The molecule has 0 unspecified atom stereocenters. The van der Waals surface area contributed by atoms with Crippen LogP contribution in [0.2, 0.25) is 0 Å². The number of hydrogen-bond donors (Lipinski definition) is 0. The van der Waals surface area contributed by atoms with Crippen molar-refractivity contribution in [2.75, 3.05) is 0 Å². The number of benzene rings is 10. The van der Waals surface area contributed by atoms with E-state index < -0.39 is 0 Å². The maximum atomic E-state index is 5.60. The van der Waals surface area contributed by atoms with Gasteiger partial charge in [0.25, 0.3) is 0 Å². The van der Waals surface area contributed by atoms with Crippen molar-refractivity contribution in [1.82, 2.24) is 29.5 Å². The van der Waals surface area contributed by atoms with Crippen LogP contribution in [0.1, 0.15) is 0 Å². The number of fused-ring (bicyclic) bond motifs is 3. The highest BCUT2D eigenvalue weighted by Gasteiger charge is 2.20. The molecule has 14 rings (SSSR count). The molecular formula is C73H48N6. The van der Waals surface area contributed by atoms with Crippen molar-refractivity contribution in [1.29, 1.82) is 0 Å². The van der Waals surface area contributed by atoms with Gasteiger partial charge in [0, 0.05) is 33.0 Å². The maximum Gasteiger partial charge on any atom is 0.160 e. The van der Waals surface area contributed by atoms with Crippen molar-refractivity contribution < 1.29 is 0 Å². The molecule has 0 amide bonds. The normalized spacial score (nSPS) is 11.3. The summed E-state index contributed by atoms with van der Waals surface area (Å²) in [6.45, 7) is 0. The highest BCUT2D eigenvalue weighted by Crippen LogP contribution is 2.38. The average Bonchev–Trinajstić information content (AvgIpc) is 3.94. The molecule has 0 saturated carbocycles. The first-order valence-corrected chi connectivity index (χ1v) is 26.5. The number of rotatable bonds is 11. The fraction of sp³-hybridized carbons (Fsp3) is 0. The van der Waals surface area contributed by atoms with E-state index in [0.717, 1.165) is 106 Å². The van der Waals surface area contributed by atoms with E-state index in [1.165, 1.54) is 0 Å². The van der Waals surface area contributed by atoms with Gasteiger partial charge >= 0.3 is 0 Å². The first kappa shape index (κ1) is 46.8. The lowest BCUT2D eigenvalue weighted by Gasteiger charge is -2.15. The van der Waals surface area contributed by atoms with Crippen LogP contribution in [-0.4, -0.2) is 29.5 Å². The first-order chi connectivity index (χ1) is 39.1. The lowest BCUT2D eigenvalue weighted by molar-refractivity contribution is 1.12. The molecule has 0 aliphatic rings. The highest BCUT2D eigenvalue weighted by atomic mass is 15.0. The van der Waals surface area contributed by atoms with Crippen molar-refractivity contribution >= 4 is 21.8 Å². The third-order valence-corrected chi connectivity index (χ3v) is 14.7. The Morgan fingerprint density at radius 3 is 0.785 bits per heavy atom. The van der Waals surface area contributed by atoms with E-state index in [2.05, 4.69) is 271 Å². The Kier molecular flexibility index (Phi) is 12.1. The molecule has 0 aliphatic heterocycles. The molecule has 0 saturated heterocycles. The SMILES string of the molecule is c1ccc(-c2ccc(-c3cc(-c4cc(-n5c6ccccc6c6ccccc65)cc(-c5cc(-c6ccc(-c7ccccc7)cc6)nc(-c6ccc(-c7ccccc7)cc6)n5)n4)nc(-c4ccc(-c5ccccc5)cc4)n3)cc2)cc1. The Balaban J connectivity index is 0.980. The van der Waals surface area contributed by atoms with Crippen LogP contribution in [0, 0.1) is 0 Å². The van der Waals surface area contributed by atoms with E-state index in [1.807, 2.05) is 24.3 Å². The van der Waals surface area contributed by atoms with E-state index >= 15 is 0 Å². The van der Waals surface area contributed by atoms with Gasteiger partial charge in [0.1, 0.15) is 0 Å². The van der Waals surface area contributed by atoms with Gasteiger partial charge in [0.2, 0.25) is 0 Å². The Morgan fingerprint density at radius 2 is 0.443 bits per heavy atom. The van der Waals surface area contributed by atoms with Gasteiger partial charge in [-0.25, -0.2) is 24.9 Å². The summed E-state index contributed by atoms with van der Waals surface area (Å²) < 4.78 is 2.33. The number of hydrogen-bond acceptors (Lipinski definition) is 5. The summed E-state index contributed by atoms with van der Waals surface area (Å²) in [5.74, 6) is 1.18. The zero-order valence-corrected chi connectivity index (χ0v) is 42.9. The molecule has 0 radical (unpaired) electrons. The molecule has 10 aromatic carbocycles. The van der Waals surface area contributed by atoms with Gasteiger partial charge in [0.15, 0.2) is 11.6 Å². The van der Waals surface area contributed by atoms with Crippen LogP contribution >= 0.6 is 0 Å². The Bertz CT molecular complexity index is 3980. The van der Waals surface area contributed by atoms with Crippen LogP contribution in [0.25, 0.3) is 140 Å². The van der Waals surface area contributed by atoms with Gasteiger partial charge in [-0.2, -0.15) is 0 Å². The van der Waals surface area contributed by atoms with Crippen molar-refractivity contribution in [3.05, 3.63) is 291 Å². The molecule has 4 heterocycles. The van der Waals surface area contributed by atoms with Gasteiger partial charge in [-0.15, -0.1) is 0 Å². The average molecular weight is 1010 g/mol. The Morgan fingerprint density at radius 1 is 0.190 bits per heavy atom. The second-order valence-electron chi connectivity index (χ2n) is 19.7. The smallest absolute Gasteiger partial charge is 0.160 e. The molecule has 0 fully saturated rings. The molecule has 0 N–H and O–H groups in total. The van der Waals surface area contributed by atoms with Crippen molar-refractivity contribution in [2.45, 2.75) is 0 Å². The van der Waals surface area contributed by atoms with Gasteiger partial charge in [0.05, 0.1) is 50.9 Å². The lowest BCUT2D eigenvalue weighted by Crippen LogP contribution is -2.03. The zero-order valence-electron chi connectivity index (χ0n) is 42.9. The van der Waals surface area contributed by atoms with Gasteiger partial charge in [-0.05, 0) is 80.9 Å². The minimum atomic E-state index is 0.592. The molecular weight excluding hydrogens is 961 g/mol. The number of aromatic nitrogens is 6. The maximum absolute atomic E-state index is 5.60. The highest BCUT2D eigenvalue weighted by molar-refractivity contribution is 6.09. The topological polar surface area (TPSA) is 69.4 Å². The summed E-state index contributed by atoms with van der Waals surface area (Å²) in [4.78, 5) is 27.1. The minimum Gasteiger partial charge on any atom is -0.309 e. The first-order valence-electron chi connectivity index (χ1n) is 26.5. The number of para-hydroxylation sites is 2. The second kappa shape index (κ2) is 20.4. The summed E-state index contributed by atoms with van der Waals surface area (Å²) in [6.07, 6.45) is 0. The Hall–Kier alpha value is -10.7. The molecule has 370 valence electrons. The predicted molar refractivity (Wildman–Crippen MR) is 324 cm³/mol. The molecule has 6 nitrogen and oxygen atoms in total. The molecule has 0 bridgehead atoms. The van der Waals surface area contributed by atoms with Gasteiger partial charge in [-0.3, -0.25) is 0 Å². The molecule has 0 atom stereocenters. The molecule has 14 aromatic rings. The minimum absolute atomic E-state index is 0.592. The number of nitrogens with zero attached hydrogens (tertiary/aromatic N) is 6. The third kappa shape index (κ3) is 9.34. The van der Waals surface area contributed by atoms with E-state index in [4.69, 9.17) is 24.9 Å². The zero-order chi connectivity index (χ0) is 52.5.